The second-order valence-corrected chi connectivity index (χ2v) is 5.36. The smallest absolute Gasteiger partial charge is 0.151 e. The third kappa shape index (κ3) is 3.60. The molecular weight excluding hydrogens is 298 g/mol. The predicted octanol–water partition coefficient (Wildman–Crippen LogP) is 3.18. The van der Waals surface area contributed by atoms with Gasteiger partial charge in [0, 0.05) is 31.7 Å². The van der Waals surface area contributed by atoms with E-state index in [9.17, 15) is 8.78 Å². The largest absolute Gasteiger partial charge is 0.296 e. The molecule has 3 rings (SSSR count). The Morgan fingerprint density at radius 1 is 1.04 bits per heavy atom. The molecule has 0 radical (unpaired) electrons. The highest BCUT2D eigenvalue weighted by Gasteiger charge is 2.12. The van der Waals surface area contributed by atoms with E-state index >= 15 is 0 Å². The second kappa shape index (κ2) is 6.66. The van der Waals surface area contributed by atoms with Gasteiger partial charge in [-0.15, -0.1) is 0 Å². The van der Waals surface area contributed by atoms with Gasteiger partial charge >= 0.3 is 0 Å². The molecule has 0 bridgehead atoms. The minimum absolute atomic E-state index is 0.159. The Balaban J connectivity index is 1.72. The molecule has 3 aromatic rings. The van der Waals surface area contributed by atoms with Crippen molar-refractivity contribution in [3.8, 4) is 5.69 Å². The van der Waals surface area contributed by atoms with E-state index in [0.717, 1.165) is 17.8 Å². The van der Waals surface area contributed by atoms with Crippen LogP contribution in [0.2, 0.25) is 0 Å². The van der Waals surface area contributed by atoms with Crippen LogP contribution >= 0.6 is 0 Å². The lowest BCUT2D eigenvalue weighted by molar-refractivity contribution is 0.314. The van der Waals surface area contributed by atoms with Crippen LogP contribution in [0.4, 0.5) is 8.78 Å². The molecule has 23 heavy (non-hydrogen) atoms. The normalized spacial score (nSPS) is 11.1. The van der Waals surface area contributed by atoms with Crippen molar-refractivity contribution in [2.24, 2.45) is 0 Å². The fourth-order valence-electron chi connectivity index (χ4n) is 2.41. The maximum Gasteiger partial charge on any atom is 0.151 e. The van der Waals surface area contributed by atoms with Gasteiger partial charge in [0.05, 0.1) is 5.69 Å². The summed E-state index contributed by atoms with van der Waals surface area (Å²) in [6.45, 7) is 1.28. The first-order chi connectivity index (χ1) is 11.1. The van der Waals surface area contributed by atoms with Crippen molar-refractivity contribution in [2.45, 2.75) is 13.1 Å². The van der Waals surface area contributed by atoms with Crippen LogP contribution < -0.4 is 0 Å². The molecule has 0 spiro atoms. The SMILES string of the molecule is CN(Cc1cccnc1)Cc1ccn(-c2c(F)cccc2F)n1. The van der Waals surface area contributed by atoms with Crippen LogP contribution in [0.25, 0.3) is 5.69 Å². The molecule has 0 aliphatic heterocycles. The molecule has 0 fully saturated rings. The molecule has 6 heteroatoms. The number of hydrogen-bond acceptors (Lipinski definition) is 3. The molecule has 0 unspecified atom stereocenters. The van der Waals surface area contributed by atoms with Crippen molar-refractivity contribution in [3.63, 3.8) is 0 Å². The van der Waals surface area contributed by atoms with Crippen LogP contribution in [-0.4, -0.2) is 26.7 Å². The van der Waals surface area contributed by atoms with E-state index in [1.54, 1.807) is 18.5 Å². The van der Waals surface area contributed by atoms with Crippen molar-refractivity contribution in [3.05, 3.63) is 77.9 Å². The van der Waals surface area contributed by atoms with Gasteiger partial charge in [-0.1, -0.05) is 12.1 Å². The summed E-state index contributed by atoms with van der Waals surface area (Å²) in [6.07, 6.45) is 5.10. The summed E-state index contributed by atoms with van der Waals surface area (Å²) in [7, 11) is 1.95. The topological polar surface area (TPSA) is 34.0 Å². The molecule has 2 aromatic heterocycles. The van der Waals surface area contributed by atoms with Gasteiger partial charge in [-0.2, -0.15) is 5.10 Å². The maximum absolute atomic E-state index is 13.8. The Morgan fingerprint density at radius 3 is 2.52 bits per heavy atom. The average molecular weight is 314 g/mol. The van der Waals surface area contributed by atoms with Gasteiger partial charge in [-0.3, -0.25) is 9.88 Å². The highest BCUT2D eigenvalue weighted by Crippen LogP contribution is 2.17. The lowest BCUT2D eigenvalue weighted by Crippen LogP contribution is -2.17. The first kappa shape index (κ1) is 15.3. The zero-order valence-electron chi connectivity index (χ0n) is 12.7. The highest BCUT2D eigenvalue weighted by atomic mass is 19.1. The van der Waals surface area contributed by atoms with Crippen LogP contribution in [-0.2, 0) is 13.1 Å². The molecule has 0 amide bonds. The van der Waals surface area contributed by atoms with Gasteiger partial charge in [0.1, 0.15) is 5.69 Å². The van der Waals surface area contributed by atoms with Crippen molar-refractivity contribution in [1.29, 1.82) is 0 Å². The third-order valence-corrected chi connectivity index (χ3v) is 3.42. The summed E-state index contributed by atoms with van der Waals surface area (Å²) in [5, 5.41) is 4.26. The number of nitrogens with zero attached hydrogens (tertiary/aromatic N) is 4. The van der Waals surface area contributed by atoms with E-state index in [4.69, 9.17) is 0 Å². The Bertz CT molecular complexity index is 766. The predicted molar refractivity (Wildman–Crippen MR) is 82.9 cm³/mol. The summed E-state index contributed by atoms with van der Waals surface area (Å²) < 4.78 is 28.8. The van der Waals surface area contributed by atoms with E-state index in [0.29, 0.717) is 6.54 Å². The second-order valence-electron chi connectivity index (χ2n) is 5.36. The Morgan fingerprint density at radius 2 is 1.83 bits per heavy atom. The maximum atomic E-state index is 13.8. The third-order valence-electron chi connectivity index (χ3n) is 3.42. The van der Waals surface area contributed by atoms with Crippen LogP contribution in [0.15, 0.2) is 55.0 Å². The van der Waals surface area contributed by atoms with Crippen LogP contribution in [0.3, 0.4) is 0 Å². The summed E-state index contributed by atoms with van der Waals surface area (Å²) in [6, 6.07) is 9.41. The molecule has 1 aromatic carbocycles. The molecule has 0 aliphatic carbocycles. The molecule has 0 N–H and O–H groups in total. The van der Waals surface area contributed by atoms with Gasteiger partial charge in [0.15, 0.2) is 11.6 Å². The quantitative estimate of drug-likeness (QED) is 0.725. The van der Waals surface area contributed by atoms with Crippen molar-refractivity contribution in [1.82, 2.24) is 19.7 Å². The lowest BCUT2D eigenvalue weighted by Gasteiger charge is -2.14. The number of hydrogen-bond donors (Lipinski definition) is 0. The molecule has 4 nitrogen and oxygen atoms in total. The lowest BCUT2D eigenvalue weighted by atomic mass is 10.2. The number of halogens is 2. The van der Waals surface area contributed by atoms with Crippen molar-refractivity contribution < 1.29 is 8.78 Å². The van der Waals surface area contributed by atoms with E-state index in [2.05, 4.69) is 15.0 Å². The monoisotopic (exact) mass is 314 g/mol. The summed E-state index contributed by atoms with van der Waals surface area (Å²) in [5.74, 6) is -1.27. The highest BCUT2D eigenvalue weighted by molar-refractivity contribution is 5.34. The molecule has 0 saturated heterocycles. The first-order valence-electron chi connectivity index (χ1n) is 7.20. The molecule has 118 valence electrons. The summed E-state index contributed by atoms with van der Waals surface area (Å²) >= 11 is 0. The minimum Gasteiger partial charge on any atom is -0.296 e. The minimum atomic E-state index is -0.636. The number of rotatable bonds is 5. The zero-order chi connectivity index (χ0) is 16.2. The van der Waals surface area contributed by atoms with E-state index < -0.39 is 11.6 Å². The van der Waals surface area contributed by atoms with Crippen LogP contribution in [0.5, 0.6) is 0 Å². The van der Waals surface area contributed by atoms with Crippen LogP contribution in [0, 0.1) is 11.6 Å². The van der Waals surface area contributed by atoms with E-state index in [1.165, 1.54) is 22.9 Å². The van der Waals surface area contributed by atoms with Crippen molar-refractivity contribution >= 4 is 0 Å². The first-order valence-corrected chi connectivity index (χ1v) is 7.20. The van der Waals surface area contributed by atoms with Crippen molar-refractivity contribution in [2.75, 3.05) is 7.05 Å². The molecule has 2 heterocycles. The fraction of sp³-hybridized carbons (Fsp3) is 0.176. The number of aromatic nitrogens is 3. The molecule has 0 atom stereocenters. The summed E-state index contributed by atoms with van der Waals surface area (Å²) in [5.41, 5.74) is 1.67. The zero-order valence-corrected chi connectivity index (χ0v) is 12.7. The van der Waals surface area contributed by atoms with Gasteiger partial charge in [-0.25, -0.2) is 13.5 Å². The van der Waals surface area contributed by atoms with Gasteiger partial charge in [-0.05, 0) is 36.9 Å². The standard InChI is InChI=1S/C17H16F2N4/c1-22(11-13-4-3-8-20-10-13)12-14-7-9-23(21-14)17-15(18)5-2-6-16(17)19/h2-10H,11-12H2,1H3. The fourth-order valence-corrected chi connectivity index (χ4v) is 2.41. The Kier molecular flexibility index (Phi) is 4.43. The van der Waals surface area contributed by atoms with E-state index in [1.807, 2.05) is 25.4 Å². The molecule has 0 aliphatic rings. The summed E-state index contributed by atoms with van der Waals surface area (Å²) in [4.78, 5) is 6.14. The number of benzene rings is 1. The van der Waals surface area contributed by atoms with Gasteiger partial charge in [0.25, 0.3) is 0 Å². The Hall–Kier alpha value is -2.60. The van der Waals surface area contributed by atoms with Gasteiger partial charge in [0.2, 0.25) is 0 Å². The Labute approximate surface area is 133 Å². The number of pyridine rings is 1. The molecular formula is C17H16F2N4. The van der Waals surface area contributed by atoms with Crippen LogP contribution in [0.1, 0.15) is 11.3 Å². The average Bonchev–Trinajstić information content (AvgIpc) is 2.96. The van der Waals surface area contributed by atoms with E-state index in [-0.39, 0.29) is 5.69 Å². The van der Waals surface area contributed by atoms with Gasteiger partial charge < -0.3 is 0 Å². The number of para-hydroxylation sites is 1. The molecule has 0 saturated carbocycles.